The highest BCUT2D eigenvalue weighted by molar-refractivity contribution is 9.10. The first-order valence-electron chi connectivity index (χ1n) is 8.96. The maximum Gasteiger partial charge on any atom is 0.137 e. The molecule has 0 radical (unpaired) electrons. The number of nitrogens with zero attached hydrogens (tertiary/aromatic N) is 2. The maximum atomic E-state index is 13.4. The third-order valence-electron chi connectivity index (χ3n) is 4.97. The van der Waals surface area contributed by atoms with Crippen molar-refractivity contribution in [2.24, 2.45) is 0 Å². The van der Waals surface area contributed by atoms with E-state index >= 15 is 0 Å². The molecular formula is C21H21BrFN3. The molecule has 5 heteroatoms. The van der Waals surface area contributed by atoms with Crippen molar-refractivity contribution >= 4 is 15.9 Å². The van der Waals surface area contributed by atoms with E-state index in [1.165, 1.54) is 22.9 Å². The van der Waals surface area contributed by atoms with E-state index in [4.69, 9.17) is 0 Å². The van der Waals surface area contributed by atoms with Gasteiger partial charge in [0.05, 0.1) is 17.2 Å². The second-order valence-corrected chi connectivity index (χ2v) is 7.62. The number of aromatic nitrogens is 2. The summed E-state index contributed by atoms with van der Waals surface area (Å²) in [5.74, 6) is -0.226. The van der Waals surface area contributed by atoms with Gasteiger partial charge in [0.25, 0.3) is 0 Å². The number of benzene rings is 2. The van der Waals surface area contributed by atoms with Gasteiger partial charge in [-0.3, -0.25) is 4.68 Å². The Labute approximate surface area is 161 Å². The van der Waals surface area contributed by atoms with Gasteiger partial charge in [0, 0.05) is 23.8 Å². The summed E-state index contributed by atoms with van der Waals surface area (Å²) in [5, 5.41) is 8.26. The van der Waals surface area contributed by atoms with E-state index in [2.05, 4.69) is 55.3 Å². The fourth-order valence-electron chi connectivity index (χ4n) is 3.61. The Kier molecular flexibility index (Phi) is 5.18. The third kappa shape index (κ3) is 3.74. The summed E-state index contributed by atoms with van der Waals surface area (Å²) in [5.41, 5.74) is 4.97. The fourth-order valence-corrected chi connectivity index (χ4v) is 4.04. The van der Waals surface area contributed by atoms with E-state index in [0.29, 0.717) is 17.1 Å². The fraction of sp³-hybridized carbons (Fsp3) is 0.286. The molecule has 0 fully saturated rings. The zero-order valence-electron chi connectivity index (χ0n) is 14.5. The van der Waals surface area contributed by atoms with Gasteiger partial charge in [0.15, 0.2) is 0 Å². The molecule has 0 aliphatic heterocycles. The smallest absolute Gasteiger partial charge is 0.137 e. The molecule has 1 atom stereocenters. The lowest BCUT2D eigenvalue weighted by atomic mass is 9.92. The van der Waals surface area contributed by atoms with E-state index in [1.807, 2.05) is 24.4 Å². The summed E-state index contributed by atoms with van der Waals surface area (Å²) in [4.78, 5) is 0. The Morgan fingerprint density at radius 3 is 2.81 bits per heavy atom. The van der Waals surface area contributed by atoms with Crippen molar-refractivity contribution in [3.8, 4) is 0 Å². The summed E-state index contributed by atoms with van der Waals surface area (Å²) >= 11 is 3.26. The Bertz CT molecular complexity index is 892. The first-order chi connectivity index (χ1) is 12.7. The highest BCUT2D eigenvalue weighted by atomic mass is 79.9. The molecule has 2 aromatic carbocycles. The summed E-state index contributed by atoms with van der Waals surface area (Å²) in [6, 6.07) is 15.9. The Balaban J connectivity index is 1.48. The predicted octanol–water partition coefficient (Wildman–Crippen LogP) is 5.00. The average molecular weight is 414 g/mol. The summed E-state index contributed by atoms with van der Waals surface area (Å²) in [6.07, 6.45) is 5.34. The standard InChI is InChI=1S/C21H21BrFN3/c22-18-11-16(9-10-19(18)23)12-24-20-7-4-8-21-17(20)13-25-26(21)14-15-5-2-1-3-6-15/h1-3,5-6,9-11,13,20,24H,4,7-8,12,14H2/t20-/m1/s1. The maximum absolute atomic E-state index is 13.4. The van der Waals surface area contributed by atoms with Crippen LogP contribution in [-0.4, -0.2) is 9.78 Å². The monoisotopic (exact) mass is 413 g/mol. The minimum absolute atomic E-state index is 0.226. The largest absolute Gasteiger partial charge is 0.306 e. The molecule has 134 valence electrons. The van der Waals surface area contributed by atoms with Crippen LogP contribution in [0.15, 0.2) is 59.2 Å². The lowest BCUT2D eigenvalue weighted by Crippen LogP contribution is -2.25. The molecule has 1 heterocycles. The normalized spacial score (nSPS) is 16.5. The Hall–Kier alpha value is -1.98. The van der Waals surface area contributed by atoms with Crippen molar-refractivity contribution < 1.29 is 4.39 Å². The van der Waals surface area contributed by atoms with E-state index in [1.54, 1.807) is 0 Å². The molecule has 0 saturated carbocycles. The third-order valence-corrected chi connectivity index (χ3v) is 5.58. The van der Waals surface area contributed by atoms with Crippen LogP contribution in [0.2, 0.25) is 0 Å². The van der Waals surface area contributed by atoms with Crippen molar-refractivity contribution in [1.82, 2.24) is 15.1 Å². The Morgan fingerprint density at radius 1 is 1.15 bits per heavy atom. The molecule has 3 aromatic rings. The van der Waals surface area contributed by atoms with Crippen LogP contribution in [-0.2, 0) is 19.5 Å². The molecule has 0 spiro atoms. The zero-order chi connectivity index (χ0) is 17.9. The molecule has 0 bridgehead atoms. The van der Waals surface area contributed by atoms with Crippen molar-refractivity contribution in [1.29, 1.82) is 0 Å². The molecule has 0 saturated heterocycles. The lowest BCUT2D eigenvalue weighted by Gasteiger charge is -2.24. The summed E-state index contributed by atoms with van der Waals surface area (Å²) in [7, 11) is 0. The SMILES string of the molecule is Fc1ccc(CN[C@@H]2CCCc3c2cnn3Cc2ccccc2)cc1Br. The van der Waals surface area contributed by atoms with Gasteiger partial charge in [0.2, 0.25) is 0 Å². The van der Waals surface area contributed by atoms with Crippen LogP contribution >= 0.6 is 15.9 Å². The number of hydrogen-bond donors (Lipinski definition) is 1. The first kappa shape index (κ1) is 17.4. The van der Waals surface area contributed by atoms with Crippen molar-refractivity contribution in [2.75, 3.05) is 0 Å². The summed E-state index contributed by atoms with van der Waals surface area (Å²) in [6.45, 7) is 1.53. The predicted molar refractivity (Wildman–Crippen MR) is 104 cm³/mol. The molecule has 1 N–H and O–H groups in total. The van der Waals surface area contributed by atoms with E-state index in [9.17, 15) is 4.39 Å². The van der Waals surface area contributed by atoms with Gasteiger partial charge in [-0.1, -0.05) is 36.4 Å². The lowest BCUT2D eigenvalue weighted by molar-refractivity contribution is 0.449. The van der Waals surface area contributed by atoms with E-state index in [-0.39, 0.29) is 5.82 Å². The molecule has 0 amide bonds. The first-order valence-corrected chi connectivity index (χ1v) is 9.76. The van der Waals surface area contributed by atoms with Crippen LogP contribution in [0.3, 0.4) is 0 Å². The molecular weight excluding hydrogens is 393 g/mol. The van der Waals surface area contributed by atoms with Gasteiger partial charge >= 0.3 is 0 Å². The number of halogens is 2. The van der Waals surface area contributed by atoms with Crippen molar-refractivity contribution in [3.05, 3.63) is 87.4 Å². The molecule has 4 rings (SSSR count). The van der Waals surface area contributed by atoms with Crippen LogP contribution in [0, 0.1) is 5.82 Å². The number of fused-ring (bicyclic) bond motifs is 1. The Morgan fingerprint density at radius 2 is 2.00 bits per heavy atom. The van der Waals surface area contributed by atoms with Crippen LogP contribution in [0.5, 0.6) is 0 Å². The second kappa shape index (κ2) is 7.72. The van der Waals surface area contributed by atoms with Gasteiger partial charge in [-0.25, -0.2) is 4.39 Å². The highest BCUT2D eigenvalue weighted by Gasteiger charge is 2.24. The van der Waals surface area contributed by atoms with Crippen LogP contribution < -0.4 is 5.32 Å². The zero-order valence-corrected chi connectivity index (χ0v) is 16.0. The topological polar surface area (TPSA) is 29.9 Å². The van der Waals surface area contributed by atoms with Gasteiger partial charge in [0.1, 0.15) is 5.82 Å². The molecule has 3 nitrogen and oxygen atoms in total. The van der Waals surface area contributed by atoms with Gasteiger partial charge in [-0.2, -0.15) is 5.10 Å². The highest BCUT2D eigenvalue weighted by Crippen LogP contribution is 2.30. The van der Waals surface area contributed by atoms with Gasteiger partial charge in [-0.05, 0) is 58.5 Å². The van der Waals surface area contributed by atoms with Gasteiger partial charge < -0.3 is 5.32 Å². The molecule has 1 aromatic heterocycles. The van der Waals surface area contributed by atoms with Crippen LogP contribution in [0.4, 0.5) is 4.39 Å². The van der Waals surface area contributed by atoms with E-state index < -0.39 is 0 Å². The quantitative estimate of drug-likeness (QED) is 0.637. The summed E-state index contributed by atoms with van der Waals surface area (Å²) < 4.78 is 16.0. The molecule has 1 aliphatic carbocycles. The van der Waals surface area contributed by atoms with Crippen LogP contribution in [0.25, 0.3) is 0 Å². The van der Waals surface area contributed by atoms with Gasteiger partial charge in [-0.15, -0.1) is 0 Å². The van der Waals surface area contributed by atoms with Crippen LogP contribution in [0.1, 0.15) is 41.3 Å². The number of nitrogens with one attached hydrogen (secondary N) is 1. The average Bonchev–Trinajstić information content (AvgIpc) is 3.07. The van der Waals surface area contributed by atoms with Crippen molar-refractivity contribution in [2.45, 2.75) is 38.4 Å². The minimum atomic E-state index is -0.226. The molecule has 1 aliphatic rings. The van der Waals surface area contributed by atoms with Crippen molar-refractivity contribution in [3.63, 3.8) is 0 Å². The molecule has 0 unspecified atom stereocenters. The minimum Gasteiger partial charge on any atom is -0.306 e. The number of hydrogen-bond acceptors (Lipinski definition) is 2. The second-order valence-electron chi connectivity index (χ2n) is 6.76. The molecule has 26 heavy (non-hydrogen) atoms. The number of rotatable bonds is 5. The van der Waals surface area contributed by atoms with E-state index in [0.717, 1.165) is 31.4 Å².